The fraction of sp³-hybridized carbons (Fsp3) is 0. The molecular formula is C5H6BNO2S. The van der Waals surface area contributed by atoms with Gasteiger partial charge < -0.3 is 10.0 Å². The van der Waals surface area contributed by atoms with Crippen molar-refractivity contribution in [2.75, 3.05) is 0 Å². The Labute approximate surface area is 64.3 Å². The van der Waals surface area contributed by atoms with Crippen LogP contribution in [-0.2, 0) is 0 Å². The summed E-state index contributed by atoms with van der Waals surface area (Å²) in [6, 6.07) is 3.15. The molecule has 0 amide bonds. The Hall–Kier alpha value is -0.515. The molecule has 2 N–H and O–H groups in total. The molecule has 0 unspecified atom stereocenters. The van der Waals surface area contributed by atoms with Gasteiger partial charge in [-0.2, -0.15) is 0 Å². The Morgan fingerprint density at radius 1 is 1.40 bits per heavy atom. The minimum absolute atomic E-state index is 0.234. The van der Waals surface area contributed by atoms with Crippen molar-refractivity contribution in [2.45, 2.75) is 4.90 Å². The van der Waals surface area contributed by atoms with Gasteiger partial charge in [-0.1, -0.05) is 0 Å². The predicted octanol–water partition coefficient (Wildman–Crippen LogP) is -0.950. The summed E-state index contributed by atoms with van der Waals surface area (Å²) < 4.78 is 0. The minimum atomic E-state index is -1.49. The molecule has 1 aromatic heterocycles. The number of aromatic nitrogens is 1. The highest BCUT2D eigenvalue weighted by Crippen LogP contribution is 1.98. The largest absolute Gasteiger partial charge is 0.508 e. The standard InChI is InChI=1S/C5H6BNO2S/c8-6(9)5-2-1-4(10)3-7-5/h1-3,8-10H. The van der Waals surface area contributed by atoms with E-state index in [-0.39, 0.29) is 5.59 Å². The zero-order valence-electron chi connectivity index (χ0n) is 5.10. The van der Waals surface area contributed by atoms with E-state index in [0.29, 0.717) is 4.90 Å². The Morgan fingerprint density at radius 2 is 2.10 bits per heavy atom. The normalized spacial score (nSPS) is 9.50. The van der Waals surface area contributed by atoms with Gasteiger partial charge in [0.15, 0.2) is 0 Å². The van der Waals surface area contributed by atoms with Gasteiger partial charge in [0, 0.05) is 11.1 Å². The lowest BCUT2D eigenvalue weighted by Crippen LogP contribution is -2.32. The summed E-state index contributed by atoms with van der Waals surface area (Å²) >= 11 is 3.97. The molecule has 3 nitrogen and oxygen atoms in total. The lowest BCUT2D eigenvalue weighted by Gasteiger charge is -1.96. The van der Waals surface area contributed by atoms with Gasteiger partial charge in [0.05, 0.1) is 5.59 Å². The van der Waals surface area contributed by atoms with Crippen LogP contribution in [0.1, 0.15) is 0 Å². The molecule has 0 fully saturated rings. The van der Waals surface area contributed by atoms with Crippen LogP contribution in [-0.4, -0.2) is 22.2 Å². The lowest BCUT2D eigenvalue weighted by molar-refractivity contribution is 0.424. The summed E-state index contributed by atoms with van der Waals surface area (Å²) in [7, 11) is -1.49. The number of hydrogen-bond acceptors (Lipinski definition) is 4. The predicted molar refractivity (Wildman–Crippen MR) is 41.3 cm³/mol. The Morgan fingerprint density at radius 3 is 2.50 bits per heavy atom. The van der Waals surface area contributed by atoms with E-state index in [9.17, 15) is 0 Å². The van der Waals surface area contributed by atoms with Crippen LogP contribution in [0, 0.1) is 0 Å². The third-order valence-corrected chi connectivity index (χ3v) is 1.30. The van der Waals surface area contributed by atoms with Gasteiger partial charge in [-0.3, -0.25) is 4.98 Å². The highest BCUT2D eigenvalue weighted by atomic mass is 32.1. The van der Waals surface area contributed by atoms with Crippen molar-refractivity contribution >= 4 is 25.3 Å². The van der Waals surface area contributed by atoms with E-state index < -0.39 is 7.12 Å². The first-order valence-corrected chi connectivity index (χ1v) is 3.16. The molecule has 52 valence electrons. The number of pyridine rings is 1. The summed E-state index contributed by atoms with van der Waals surface area (Å²) in [5.41, 5.74) is 0.234. The van der Waals surface area contributed by atoms with Crippen molar-refractivity contribution < 1.29 is 10.0 Å². The van der Waals surface area contributed by atoms with Gasteiger partial charge in [-0.05, 0) is 12.1 Å². The fourth-order valence-electron chi connectivity index (χ4n) is 0.550. The maximum Gasteiger partial charge on any atom is 0.508 e. The topological polar surface area (TPSA) is 53.4 Å². The van der Waals surface area contributed by atoms with Crippen LogP contribution < -0.4 is 5.59 Å². The molecule has 0 radical (unpaired) electrons. The second-order valence-electron chi connectivity index (χ2n) is 1.81. The van der Waals surface area contributed by atoms with Crippen molar-refractivity contribution in [3.05, 3.63) is 18.3 Å². The van der Waals surface area contributed by atoms with E-state index in [0.717, 1.165) is 0 Å². The highest BCUT2D eigenvalue weighted by molar-refractivity contribution is 7.80. The fourth-order valence-corrected chi connectivity index (χ4v) is 0.683. The first-order chi connectivity index (χ1) is 4.70. The monoisotopic (exact) mass is 155 g/mol. The summed E-state index contributed by atoms with van der Waals surface area (Å²) in [6.45, 7) is 0. The van der Waals surface area contributed by atoms with Gasteiger partial charge in [0.25, 0.3) is 0 Å². The van der Waals surface area contributed by atoms with Crippen molar-refractivity contribution in [1.82, 2.24) is 4.98 Å². The van der Waals surface area contributed by atoms with Crippen LogP contribution in [0.5, 0.6) is 0 Å². The maximum atomic E-state index is 8.58. The average Bonchev–Trinajstić information content (AvgIpc) is 1.88. The number of hydrogen-bond donors (Lipinski definition) is 3. The molecule has 0 saturated carbocycles. The third-order valence-electron chi connectivity index (χ3n) is 1.04. The van der Waals surface area contributed by atoms with Gasteiger partial charge in [-0.25, -0.2) is 0 Å². The lowest BCUT2D eigenvalue weighted by atomic mass is 9.86. The van der Waals surface area contributed by atoms with E-state index in [4.69, 9.17) is 10.0 Å². The van der Waals surface area contributed by atoms with Crippen molar-refractivity contribution in [3.63, 3.8) is 0 Å². The minimum Gasteiger partial charge on any atom is -0.422 e. The number of rotatable bonds is 1. The third kappa shape index (κ3) is 1.73. The number of nitrogens with zero attached hydrogens (tertiary/aromatic N) is 1. The van der Waals surface area contributed by atoms with Crippen molar-refractivity contribution in [2.24, 2.45) is 0 Å². The molecule has 0 spiro atoms. The van der Waals surface area contributed by atoms with Crippen LogP contribution in [0.25, 0.3) is 0 Å². The Balaban J connectivity index is 2.89. The first kappa shape index (κ1) is 7.59. The molecule has 0 aromatic carbocycles. The van der Waals surface area contributed by atoms with E-state index in [1.807, 2.05) is 0 Å². The second kappa shape index (κ2) is 3.05. The zero-order valence-corrected chi connectivity index (χ0v) is 5.99. The molecule has 10 heavy (non-hydrogen) atoms. The van der Waals surface area contributed by atoms with Crippen LogP contribution in [0.3, 0.4) is 0 Å². The molecule has 1 aromatic rings. The van der Waals surface area contributed by atoms with Gasteiger partial charge >= 0.3 is 7.12 Å². The average molecular weight is 155 g/mol. The van der Waals surface area contributed by atoms with Crippen LogP contribution in [0.4, 0.5) is 0 Å². The van der Waals surface area contributed by atoms with E-state index >= 15 is 0 Å². The molecular weight excluding hydrogens is 149 g/mol. The van der Waals surface area contributed by atoms with E-state index in [2.05, 4.69) is 17.6 Å². The number of thiol groups is 1. The molecule has 0 aliphatic carbocycles. The molecule has 0 aliphatic rings. The summed E-state index contributed by atoms with van der Waals surface area (Å²) in [6.07, 6.45) is 1.46. The van der Waals surface area contributed by atoms with Crippen molar-refractivity contribution in [3.8, 4) is 0 Å². The van der Waals surface area contributed by atoms with E-state index in [1.54, 1.807) is 6.07 Å². The Kier molecular flexibility index (Phi) is 2.31. The molecule has 0 aliphatic heterocycles. The molecule has 5 heteroatoms. The smallest absolute Gasteiger partial charge is 0.422 e. The van der Waals surface area contributed by atoms with Gasteiger partial charge in [-0.15, -0.1) is 12.6 Å². The van der Waals surface area contributed by atoms with Gasteiger partial charge in [0.1, 0.15) is 0 Å². The van der Waals surface area contributed by atoms with Crippen LogP contribution in [0.15, 0.2) is 23.2 Å². The summed E-state index contributed by atoms with van der Waals surface area (Å²) in [5.74, 6) is 0. The summed E-state index contributed by atoms with van der Waals surface area (Å²) in [5, 5.41) is 17.2. The van der Waals surface area contributed by atoms with Gasteiger partial charge in [0.2, 0.25) is 0 Å². The molecule has 0 atom stereocenters. The zero-order chi connectivity index (χ0) is 7.56. The molecule has 0 bridgehead atoms. The van der Waals surface area contributed by atoms with Crippen LogP contribution >= 0.6 is 12.6 Å². The summed E-state index contributed by atoms with van der Waals surface area (Å²) in [4.78, 5) is 4.40. The quantitative estimate of drug-likeness (QED) is 0.362. The van der Waals surface area contributed by atoms with E-state index in [1.165, 1.54) is 12.3 Å². The molecule has 1 heterocycles. The van der Waals surface area contributed by atoms with Crippen molar-refractivity contribution in [1.29, 1.82) is 0 Å². The second-order valence-corrected chi connectivity index (χ2v) is 2.33. The first-order valence-electron chi connectivity index (χ1n) is 2.71. The molecule has 1 rings (SSSR count). The highest BCUT2D eigenvalue weighted by Gasteiger charge is 2.10. The maximum absolute atomic E-state index is 8.58. The SMILES string of the molecule is OB(O)c1ccc(S)cn1. The molecule has 0 saturated heterocycles. The Bertz CT molecular complexity index is 213. The van der Waals surface area contributed by atoms with Crippen LogP contribution in [0.2, 0.25) is 0 Å².